The van der Waals surface area contributed by atoms with Crippen molar-refractivity contribution in [1.82, 2.24) is 4.90 Å². The summed E-state index contributed by atoms with van der Waals surface area (Å²) in [6.45, 7) is 3.21. The van der Waals surface area contributed by atoms with Crippen molar-refractivity contribution in [2.24, 2.45) is 0 Å². The van der Waals surface area contributed by atoms with Crippen LogP contribution in [0.2, 0.25) is 0 Å². The van der Waals surface area contributed by atoms with E-state index >= 15 is 0 Å². The summed E-state index contributed by atoms with van der Waals surface area (Å²) in [5.41, 5.74) is 0. The normalized spacial score (nSPS) is 24.5. The molecule has 0 amide bonds. The quantitative estimate of drug-likeness (QED) is 0.598. The van der Waals surface area contributed by atoms with Gasteiger partial charge >= 0.3 is 0 Å². The molecule has 1 aliphatic heterocycles. The molecule has 0 spiro atoms. The maximum atomic E-state index is 10.6. The monoisotopic (exact) mass is 183 g/mol. The van der Waals surface area contributed by atoms with Crippen LogP contribution in [0.1, 0.15) is 0 Å². The predicted molar refractivity (Wildman–Crippen MR) is 42.1 cm³/mol. The Balaban J connectivity index is 2.19. The third-order valence-corrected chi connectivity index (χ3v) is 2.51. The smallest absolute Gasteiger partial charge is 0.171 e. The molecule has 3 nitrogen and oxygen atoms in total. The van der Waals surface area contributed by atoms with Crippen LogP contribution < -0.4 is 0 Å². The van der Waals surface area contributed by atoms with Crippen molar-refractivity contribution in [3.05, 3.63) is 0 Å². The molecular formula is C5H11ClNO2P. The second kappa shape index (κ2) is 4.35. The van der Waals surface area contributed by atoms with Gasteiger partial charge < -0.3 is 9.30 Å². The fraction of sp³-hybridized carbons (Fsp3) is 1.00. The SMILES string of the molecule is O=[PH](Cl)CN1CCOCC1. The van der Waals surface area contributed by atoms with E-state index in [-0.39, 0.29) is 0 Å². The second-order valence-corrected chi connectivity index (χ2v) is 4.53. The summed E-state index contributed by atoms with van der Waals surface area (Å²) < 4.78 is 15.7. The van der Waals surface area contributed by atoms with Crippen LogP contribution in [0.5, 0.6) is 0 Å². The summed E-state index contributed by atoms with van der Waals surface area (Å²) in [5.74, 6) is 0. The van der Waals surface area contributed by atoms with Gasteiger partial charge in [0.1, 0.15) is 0 Å². The summed E-state index contributed by atoms with van der Waals surface area (Å²) in [6, 6.07) is 0. The maximum absolute atomic E-state index is 10.6. The molecule has 1 atom stereocenters. The molecule has 60 valence electrons. The van der Waals surface area contributed by atoms with Gasteiger partial charge in [-0.25, -0.2) is 0 Å². The molecule has 0 saturated carbocycles. The average molecular weight is 184 g/mol. The lowest BCUT2D eigenvalue weighted by atomic mass is 10.5. The highest BCUT2D eigenvalue weighted by molar-refractivity contribution is 7.73. The molecule has 1 heterocycles. The van der Waals surface area contributed by atoms with E-state index in [1.165, 1.54) is 0 Å². The van der Waals surface area contributed by atoms with Gasteiger partial charge in [-0.3, -0.25) is 4.90 Å². The first-order chi connectivity index (χ1) is 4.79. The molecule has 1 fully saturated rings. The number of hydrogen-bond acceptors (Lipinski definition) is 3. The fourth-order valence-electron chi connectivity index (χ4n) is 0.935. The average Bonchev–Trinajstić information content (AvgIpc) is 1.88. The van der Waals surface area contributed by atoms with E-state index in [0.29, 0.717) is 6.29 Å². The molecule has 0 aliphatic carbocycles. The zero-order valence-electron chi connectivity index (χ0n) is 5.68. The van der Waals surface area contributed by atoms with Crippen LogP contribution >= 0.6 is 18.4 Å². The molecule has 0 bridgehead atoms. The highest BCUT2D eigenvalue weighted by atomic mass is 35.7. The molecule has 1 rings (SSSR count). The number of rotatable bonds is 2. The lowest BCUT2D eigenvalue weighted by Crippen LogP contribution is -2.35. The van der Waals surface area contributed by atoms with E-state index in [1.807, 2.05) is 0 Å². The van der Waals surface area contributed by atoms with Crippen molar-refractivity contribution in [3.8, 4) is 0 Å². The molecule has 0 aromatic heterocycles. The van der Waals surface area contributed by atoms with E-state index in [1.54, 1.807) is 0 Å². The highest BCUT2D eigenvalue weighted by Gasteiger charge is 2.10. The zero-order chi connectivity index (χ0) is 7.40. The first-order valence-corrected chi connectivity index (χ1v) is 5.90. The van der Waals surface area contributed by atoms with Gasteiger partial charge in [0.2, 0.25) is 0 Å². The van der Waals surface area contributed by atoms with E-state index in [4.69, 9.17) is 16.0 Å². The standard InChI is InChI=1S/C5H11ClNO2P/c6-10(8)5-7-1-3-9-4-2-7/h10H,1-5H2. The van der Waals surface area contributed by atoms with E-state index < -0.39 is 7.15 Å². The van der Waals surface area contributed by atoms with Crippen molar-refractivity contribution >= 4 is 18.4 Å². The van der Waals surface area contributed by atoms with Crippen molar-refractivity contribution in [1.29, 1.82) is 0 Å². The molecule has 5 heteroatoms. The molecule has 0 aromatic rings. The Hall–Kier alpha value is 0.440. The number of hydrogen-bond donors (Lipinski definition) is 0. The molecule has 1 aliphatic rings. The van der Waals surface area contributed by atoms with Crippen molar-refractivity contribution in [2.75, 3.05) is 32.6 Å². The van der Waals surface area contributed by atoms with Gasteiger partial charge in [0.05, 0.1) is 19.5 Å². The molecule has 0 N–H and O–H groups in total. The van der Waals surface area contributed by atoms with Gasteiger partial charge in [-0.15, -0.1) is 0 Å². The number of morpholine rings is 1. The van der Waals surface area contributed by atoms with Crippen LogP contribution in [0.15, 0.2) is 0 Å². The first-order valence-electron chi connectivity index (χ1n) is 3.27. The van der Waals surface area contributed by atoms with E-state index in [9.17, 15) is 4.57 Å². The van der Waals surface area contributed by atoms with Gasteiger partial charge in [0.25, 0.3) is 0 Å². The number of ether oxygens (including phenoxy) is 1. The van der Waals surface area contributed by atoms with Crippen LogP contribution in [0.3, 0.4) is 0 Å². The van der Waals surface area contributed by atoms with Gasteiger partial charge in [-0.05, 0) is 0 Å². The van der Waals surface area contributed by atoms with E-state index in [0.717, 1.165) is 26.3 Å². The molecule has 0 radical (unpaired) electrons. The largest absolute Gasteiger partial charge is 0.379 e. The van der Waals surface area contributed by atoms with Crippen molar-refractivity contribution < 1.29 is 9.30 Å². The lowest BCUT2D eigenvalue weighted by Gasteiger charge is -2.24. The van der Waals surface area contributed by atoms with Crippen molar-refractivity contribution in [3.63, 3.8) is 0 Å². The summed E-state index contributed by atoms with van der Waals surface area (Å²) in [4.78, 5) is 2.07. The van der Waals surface area contributed by atoms with Crippen LogP contribution in [-0.4, -0.2) is 37.5 Å². The maximum Gasteiger partial charge on any atom is 0.171 e. The molecular weight excluding hydrogens is 172 g/mol. The minimum absolute atomic E-state index is 0.537. The van der Waals surface area contributed by atoms with Crippen molar-refractivity contribution in [2.45, 2.75) is 0 Å². The van der Waals surface area contributed by atoms with Gasteiger partial charge in [-0.1, -0.05) is 11.2 Å². The molecule has 0 aromatic carbocycles. The van der Waals surface area contributed by atoms with Crippen LogP contribution in [0.25, 0.3) is 0 Å². The number of halogens is 1. The molecule has 1 unspecified atom stereocenters. The summed E-state index contributed by atoms with van der Waals surface area (Å²) in [5, 5.41) is 0. The Morgan fingerprint density at radius 2 is 2.10 bits per heavy atom. The van der Waals surface area contributed by atoms with Gasteiger partial charge in [0.15, 0.2) is 7.15 Å². The zero-order valence-corrected chi connectivity index (χ0v) is 7.43. The van der Waals surface area contributed by atoms with E-state index in [2.05, 4.69) is 4.90 Å². The first kappa shape index (κ1) is 8.54. The molecule has 1 saturated heterocycles. The van der Waals surface area contributed by atoms with Gasteiger partial charge in [-0.2, -0.15) is 0 Å². The Kier molecular flexibility index (Phi) is 3.71. The Labute approximate surface area is 65.9 Å². The van der Waals surface area contributed by atoms with Gasteiger partial charge in [0, 0.05) is 13.1 Å². The third-order valence-electron chi connectivity index (χ3n) is 1.45. The minimum atomic E-state index is -1.84. The fourth-order valence-corrected chi connectivity index (χ4v) is 2.11. The summed E-state index contributed by atoms with van der Waals surface area (Å²) >= 11 is 5.37. The Bertz CT molecular complexity index is 127. The molecule has 10 heavy (non-hydrogen) atoms. The summed E-state index contributed by atoms with van der Waals surface area (Å²) in [6.07, 6.45) is 0.537. The van der Waals surface area contributed by atoms with Crippen LogP contribution in [0.4, 0.5) is 0 Å². The third kappa shape index (κ3) is 3.02. The van der Waals surface area contributed by atoms with Crippen LogP contribution in [0, 0.1) is 0 Å². The minimum Gasteiger partial charge on any atom is -0.379 e. The summed E-state index contributed by atoms with van der Waals surface area (Å²) in [7, 11) is -1.84. The Morgan fingerprint density at radius 3 is 2.60 bits per heavy atom. The Morgan fingerprint density at radius 1 is 1.50 bits per heavy atom. The lowest BCUT2D eigenvalue weighted by molar-refractivity contribution is 0.0467. The topological polar surface area (TPSA) is 29.5 Å². The second-order valence-electron chi connectivity index (χ2n) is 2.24. The number of nitrogens with zero attached hydrogens (tertiary/aromatic N) is 1. The predicted octanol–water partition coefficient (Wildman–Crippen LogP) is 0.990. The van der Waals surface area contributed by atoms with Crippen LogP contribution in [-0.2, 0) is 9.30 Å². The highest BCUT2D eigenvalue weighted by Crippen LogP contribution is 2.27.